The van der Waals surface area contributed by atoms with Gasteiger partial charge in [0, 0.05) is 12.6 Å². The molecule has 14 heavy (non-hydrogen) atoms. The lowest BCUT2D eigenvalue weighted by molar-refractivity contribution is 0.452. The van der Waals surface area contributed by atoms with Crippen LogP contribution in [0.4, 0.5) is 0 Å². The Morgan fingerprint density at radius 3 is 2.50 bits per heavy atom. The van der Waals surface area contributed by atoms with Crippen LogP contribution in [0.3, 0.4) is 0 Å². The SMILES string of the molecule is NCc1ccc(-c2cc(O)n[nH]2)cc1. The normalized spacial score (nSPS) is 10.4. The number of hydrogen-bond donors (Lipinski definition) is 3. The average Bonchev–Trinajstić information content (AvgIpc) is 2.65. The van der Waals surface area contributed by atoms with E-state index in [0.29, 0.717) is 6.54 Å². The highest BCUT2D eigenvalue weighted by Gasteiger charge is 2.01. The second kappa shape index (κ2) is 3.51. The van der Waals surface area contributed by atoms with Gasteiger partial charge in [-0.3, -0.25) is 5.10 Å². The van der Waals surface area contributed by atoms with Gasteiger partial charge in [0.05, 0.1) is 5.69 Å². The van der Waals surface area contributed by atoms with E-state index >= 15 is 0 Å². The molecule has 0 aliphatic rings. The Morgan fingerprint density at radius 2 is 2.00 bits per heavy atom. The Balaban J connectivity index is 2.33. The number of rotatable bonds is 2. The highest BCUT2D eigenvalue weighted by atomic mass is 16.3. The topological polar surface area (TPSA) is 74.9 Å². The molecule has 1 aromatic heterocycles. The predicted molar refractivity (Wildman–Crippen MR) is 53.6 cm³/mol. The van der Waals surface area contributed by atoms with Crippen LogP contribution < -0.4 is 5.73 Å². The van der Waals surface area contributed by atoms with E-state index in [1.807, 2.05) is 24.3 Å². The highest BCUT2D eigenvalue weighted by molar-refractivity contribution is 5.60. The van der Waals surface area contributed by atoms with Gasteiger partial charge >= 0.3 is 0 Å². The van der Waals surface area contributed by atoms with Crippen molar-refractivity contribution in [1.29, 1.82) is 0 Å². The number of aromatic nitrogens is 2. The summed E-state index contributed by atoms with van der Waals surface area (Å²) in [5.41, 5.74) is 8.34. The summed E-state index contributed by atoms with van der Waals surface area (Å²) in [4.78, 5) is 0. The Bertz CT molecular complexity index is 419. The van der Waals surface area contributed by atoms with Gasteiger partial charge in [-0.15, -0.1) is 5.10 Å². The monoisotopic (exact) mass is 189 g/mol. The van der Waals surface area contributed by atoms with Gasteiger partial charge in [0.2, 0.25) is 5.88 Å². The van der Waals surface area contributed by atoms with Crippen LogP contribution >= 0.6 is 0 Å². The molecular weight excluding hydrogens is 178 g/mol. The molecule has 0 aliphatic carbocycles. The molecular formula is C10H11N3O. The van der Waals surface area contributed by atoms with E-state index in [2.05, 4.69) is 10.2 Å². The van der Waals surface area contributed by atoms with E-state index in [-0.39, 0.29) is 5.88 Å². The first-order chi connectivity index (χ1) is 6.79. The number of benzene rings is 1. The van der Waals surface area contributed by atoms with E-state index in [1.54, 1.807) is 6.07 Å². The fraction of sp³-hybridized carbons (Fsp3) is 0.100. The number of nitrogens with one attached hydrogen (secondary N) is 1. The van der Waals surface area contributed by atoms with Crippen molar-refractivity contribution in [2.45, 2.75) is 6.54 Å². The lowest BCUT2D eigenvalue weighted by Gasteiger charge is -1.98. The van der Waals surface area contributed by atoms with Gasteiger partial charge in [-0.25, -0.2) is 0 Å². The molecule has 0 unspecified atom stereocenters. The summed E-state index contributed by atoms with van der Waals surface area (Å²) in [6.07, 6.45) is 0. The molecule has 2 rings (SSSR count). The van der Waals surface area contributed by atoms with Crippen molar-refractivity contribution in [2.24, 2.45) is 5.73 Å². The van der Waals surface area contributed by atoms with Crippen LogP contribution in [0, 0.1) is 0 Å². The average molecular weight is 189 g/mol. The minimum absolute atomic E-state index is 0.00269. The number of nitrogens with zero attached hydrogens (tertiary/aromatic N) is 1. The van der Waals surface area contributed by atoms with Crippen LogP contribution in [-0.2, 0) is 6.54 Å². The van der Waals surface area contributed by atoms with Crippen LogP contribution in [-0.4, -0.2) is 15.3 Å². The molecule has 4 heteroatoms. The quantitative estimate of drug-likeness (QED) is 0.665. The van der Waals surface area contributed by atoms with Crippen molar-refractivity contribution < 1.29 is 5.11 Å². The first-order valence-corrected chi connectivity index (χ1v) is 4.33. The fourth-order valence-corrected chi connectivity index (χ4v) is 1.28. The molecule has 0 spiro atoms. The number of hydrogen-bond acceptors (Lipinski definition) is 3. The van der Waals surface area contributed by atoms with Gasteiger partial charge in [0.15, 0.2) is 0 Å². The summed E-state index contributed by atoms with van der Waals surface area (Å²) in [7, 11) is 0. The fourth-order valence-electron chi connectivity index (χ4n) is 1.28. The van der Waals surface area contributed by atoms with Gasteiger partial charge < -0.3 is 10.8 Å². The maximum Gasteiger partial charge on any atom is 0.230 e. The van der Waals surface area contributed by atoms with Crippen LogP contribution in [0.2, 0.25) is 0 Å². The second-order valence-corrected chi connectivity index (χ2v) is 3.04. The lowest BCUT2D eigenvalue weighted by Crippen LogP contribution is -1.95. The smallest absolute Gasteiger partial charge is 0.230 e. The second-order valence-electron chi connectivity index (χ2n) is 3.04. The van der Waals surface area contributed by atoms with Gasteiger partial charge in [-0.05, 0) is 11.1 Å². The first-order valence-electron chi connectivity index (χ1n) is 4.33. The van der Waals surface area contributed by atoms with E-state index in [1.165, 1.54) is 0 Å². The van der Waals surface area contributed by atoms with E-state index < -0.39 is 0 Å². The zero-order chi connectivity index (χ0) is 9.97. The molecule has 0 radical (unpaired) electrons. The molecule has 0 aliphatic heterocycles. The lowest BCUT2D eigenvalue weighted by atomic mass is 10.1. The van der Waals surface area contributed by atoms with Gasteiger partial charge in [-0.2, -0.15) is 0 Å². The van der Waals surface area contributed by atoms with Crippen LogP contribution in [0.1, 0.15) is 5.56 Å². The Morgan fingerprint density at radius 1 is 1.29 bits per heavy atom. The molecule has 2 aromatic rings. The van der Waals surface area contributed by atoms with Crippen molar-refractivity contribution in [2.75, 3.05) is 0 Å². The van der Waals surface area contributed by atoms with Gasteiger partial charge in [0.25, 0.3) is 0 Å². The van der Waals surface area contributed by atoms with Crippen molar-refractivity contribution in [3.8, 4) is 17.1 Å². The van der Waals surface area contributed by atoms with Crippen molar-refractivity contribution in [3.05, 3.63) is 35.9 Å². The molecule has 1 aromatic carbocycles. The summed E-state index contributed by atoms with van der Waals surface area (Å²) in [5, 5.41) is 15.4. The zero-order valence-corrected chi connectivity index (χ0v) is 7.57. The molecule has 0 fully saturated rings. The van der Waals surface area contributed by atoms with Crippen molar-refractivity contribution >= 4 is 0 Å². The maximum absolute atomic E-state index is 9.05. The van der Waals surface area contributed by atoms with Gasteiger partial charge in [-0.1, -0.05) is 24.3 Å². The summed E-state index contributed by atoms with van der Waals surface area (Å²) >= 11 is 0. The van der Waals surface area contributed by atoms with Crippen molar-refractivity contribution in [3.63, 3.8) is 0 Å². The van der Waals surface area contributed by atoms with Gasteiger partial charge in [0.1, 0.15) is 0 Å². The molecule has 0 saturated carbocycles. The summed E-state index contributed by atoms with van der Waals surface area (Å²) in [6.45, 7) is 0.536. The Kier molecular flexibility index (Phi) is 2.20. The molecule has 0 atom stereocenters. The first kappa shape index (κ1) is 8.77. The third-order valence-electron chi connectivity index (χ3n) is 2.06. The molecule has 0 bridgehead atoms. The largest absolute Gasteiger partial charge is 0.492 e. The molecule has 1 heterocycles. The summed E-state index contributed by atoms with van der Waals surface area (Å²) in [5.74, 6) is 0.00269. The standard InChI is InChI=1S/C10H11N3O/c11-6-7-1-3-8(4-2-7)9-5-10(14)13-12-9/h1-5H,6,11H2,(H2,12,13,14). The highest BCUT2D eigenvalue weighted by Crippen LogP contribution is 2.20. The summed E-state index contributed by atoms with van der Waals surface area (Å²) < 4.78 is 0. The molecule has 72 valence electrons. The van der Waals surface area contributed by atoms with E-state index in [4.69, 9.17) is 10.8 Å². The number of aromatic hydroxyl groups is 1. The number of nitrogens with two attached hydrogens (primary N) is 1. The Labute approximate surface area is 81.4 Å². The van der Waals surface area contributed by atoms with E-state index in [0.717, 1.165) is 16.8 Å². The molecule has 4 nitrogen and oxygen atoms in total. The molecule has 4 N–H and O–H groups in total. The summed E-state index contributed by atoms with van der Waals surface area (Å²) in [6, 6.07) is 9.36. The number of aromatic amines is 1. The molecule has 0 amide bonds. The van der Waals surface area contributed by atoms with Crippen LogP contribution in [0.25, 0.3) is 11.3 Å². The van der Waals surface area contributed by atoms with Crippen LogP contribution in [0.15, 0.2) is 30.3 Å². The van der Waals surface area contributed by atoms with Crippen LogP contribution in [0.5, 0.6) is 5.88 Å². The van der Waals surface area contributed by atoms with Crippen molar-refractivity contribution in [1.82, 2.24) is 10.2 Å². The predicted octanol–water partition coefficient (Wildman–Crippen LogP) is 1.24. The third-order valence-corrected chi connectivity index (χ3v) is 2.06. The zero-order valence-electron chi connectivity index (χ0n) is 7.57. The molecule has 0 saturated heterocycles. The maximum atomic E-state index is 9.05. The minimum atomic E-state index is 0.00269. The number of H-pyrrole nitrogens is 1. The Hall–Kier alpha value is -1.81. The minimum Gasteiger partial charge on any atom is -0.492 e. The van der Waals surface area contributed by atoms with E-state index in [9.17, 15) is 0 Å². The third kappa shape index (κ3) is 1.60.